The summed E-state index contributed by atoms with van der Waals surface area (Å²) in [6.07, 6.45) is -2.16. The zero-order valence-corrected chi connectivity index (χ0v) is 11.9. The van der Waals surface area contributed by atoms with Crippen molar-refractivity contribution in [1.82, 2.24) is 9.97 Å². The molecule has 3 N–H and O–H groups in total. The minimum absolute atomic E-state index is 0.1000. The Morgan fingerprint density at radius 2 is 1.95 bits per heavy atom. The molecular weight excluding hydrogens is 285 g/mol. The molecule has 3 atom stereocenters. The summed E-state index contributed by atoms with van der Waals surface area (Å²) in [5.74, 6) is 4.73. The van der Waals surface area contributed by atoms with Crippen LogP contribution < -0.4 is 16.0 Å². The average molecular weight is 304 g/mol. The van der Waals surface area contributed by atoms with E-state index in [1.54, 1.807) is 0 Å². The standard InChI is InChI=1S/C13H19F3N4O/c1-7-3-4-9(5-8(7)2)21-11-6-10(20-17)18-12(19-11)13(14,15)16/h6-9H,3-5,17H2,1-2H3,(H,18,19,20). The molecule has 0 spiro atoms. The predicted molar refractivity (Wildman–Crippen MR) is 71.4 cm³/mol. The molecule has 21 heavy (non-hydrogen) atoms. The third-order valence-corrected chi connectivity index (χ3v) is 3.94. The zero-order valence-electron chi connectivity index (χ0n) is 11.9. The average Bonchev–Trinajstić information content (AvgIpc) is 2.41. The fraction of sp³-hybridized carbons (Fsp3) is 0.692. The first-order chi connectivity index (χ1) is 9.79. The topological polar surface area (TPSA) is 73.1 Å². The SMILES string of the molecule is CC1CCC(Oc2cc(NN)nc(C(F)(F)F)n2)CC1C. The Balaban J connectivity index is 2.16. The number of nitrogen functional groups attached to an aromatic ring is 1. The van der Waals surface area contributed by atoms with Crippen LogP contribution in [-0.2, 0) is 6.18 Å². The lowest BCUT2D eigenvalue weighted by atomic mass is 9.80. The molecule has 0 radical (unpaired) electrons. The lowest BCUT2D eigenvalue weighted by Crippen LogP contribution is -2.29. The molecule has 0 amide bonds. The van der Waals surface area contributed by atoms with Gasteiger partial charge in [-0.3, -0.25) is 0 Å². The van der Waals surface area contributed by atoms with Crippen molar-refractivity contribution in [2.24, 2.45) is 17.7 Å². The molecule has 1 aliphatic rings. The molecule has 1 fully saturated rings. The van der Waals surface area contributed by atoms with E-state index in [0.717, 1.165) is 19.3 Å². The maximum absolute atomic E-state index is 12.7. The fourth-order valence-corrected chi connectivity index (χ4v) is 2.46. The van der Waals surface area contributed by atoms with E-state index in [1.807, 2.05) is 0 Å². The lowest BCUT2D eigenvalue weighted by molar-refractivity contribution is -0.145. The molecule has 118 valence electrons. The quantitative estimate of drug-likeness (QED) is 0.663. The van der Waals surface area contributed by atoms with Crippen LogP contribution in [0.1, 0.15) is 38.9 Å². The molecule has 1 aliphatic carbocycles. The molecular formula is C13H19F3N4O. The van der Waals surface area contributed by atoms with Crippen LogP contribution in [0.25, 0.3) is 0 Å². The minimum atomic E-state index is -4.64. The molecule has 1 heterocycles. The molecule has 5 nitrogen and oxygen atoms in total. The van der Waals surface area contributed by atoms with Crippen molar-refractivity contribution in [3.63, 3.8) is 0 Å². The van der Waals surface area contributed by atoms with Gasteiger partial charge < -0.3 is 10.2 Å². The van der Waals surface area contributed by atoms with Gasteiger partial charge in [0.15, 0.2) is 0 Å². The number of nitrogens with zero attached hydrogens (tertiary/aromatic N) is 2. The molecule has 0 bridgehead atoms. The van der Waals surface area contributed by atoms with Crippen LogP contribution in [0.4, 0.5) is 19.0 Å². The highest BCUT2D eigenvalue weighted by Gasteiger charge is 2.36. The van der Waals surface area contributed by atoms with E-state index in [-0.39, 0.29) is 17.8 Å². The molecule has 1 aromatic rings. The summed E-state index contributed by atoms with van der Waals surface area (Å²) < 4.78 is 43.8. The first-order valence-corrected chi connectivity index (χ1v) is 6.89. The van der Waals surface area contributed by atoms with E-state index in [0.29, 0.717) is 11.8 Å². The van der Waals surface area contributed by atoms with Gasteiger partial charge in [0.2, 0.25) is 11.7 Å². The van der Waals surface area contributed by atoms with E-state index in [1.165, 1.54) is 6.07 Å². The van der Waals surface area contributed by atoms with Crippen molar-refractivity contribution in [2.75, 3.05) is 5.43 Å². The summed E-state index contributed by atoms with van der Waals surface area (Å²) in [5.41, 5.74) is 2.10. The molecule has 0 aliphatic heterocycles. The normalized spacial score (nSPS) is 26.5. The van der Waals surface area contributed by atoms with Gasteiger partial charge in [0, 0.05) is 6.07 Å². The van der Waals surface area contributed by atoms with Crippen molar-refractivity contribution in [2.45, 2.75) is 45.4 Å². The van der Waals surface area contributed by atoms with Crippen LogP contribution in [0.3, 0.4) is 0 Å². The van der Waals surface area contributed by atoms with E-state index < -0.39 is 12.0 Å². The number of hydrogen-bond donors (Lipinski definition) is 2. The molecule has 8 heteroatoms. The highest BCUT2D eigenvalue weighted by Crippen LogP contribution is 2.33. The number of hydrazine groups is 1. The van der Waals surface area contributed by atoms with E-state index in [9.17, 15) is 13.2 Å². The minimum Gasteiger partial charge on any atom is -0.474 e. The first kappa shape index (κ1) is 15.8. The Labute approximate surface area is 121 Å². The Morgan fingerprint density at radius 1 is 1.24 bits per heavy atom. The Hall–Kier alpha value is -1.57. The number of anilines is 1. The zero-order chi connectivity index (χ0) is 15.6. The third-order valence-electron chi connectivity index (χ3n) is 3.94. The summed E-state index contributed by atoms with van der Waals surface area (Å²) in [6, 6.07) is 1.28. The van der Waals surface area contributed by atoms with E-state index >= 15 is 0 Å². The summed E-state index contributed by atoms with van der Waals surface area (Å²) in [6.45, 7) is 4.29. The molecule has 1 saturated carbocycles. The second-order valence-electron chi connectivity index (χ2n) is 5.56. The molecule has 3 unspecified atom stereocenters. The van der Waals surface area contributed by atoms with Gasteiger partial charge in [-0.1, -0.05) is 13.8 Å². The number of nitrogens with two attached hydrogens (primary N) is 1. The van der Waals surface area contributed by atoms with Crippen molar-refractivity contribution < 1.29 is 17.9 Å². The van der Waals surface area contributed by atoms with Gasteiger partial charge in [0.25, 0.3) is 0 Å². The van der Waals surface area contributed by atoms with Crippen molar-refractivity contribution >= 4 is 5.82 Å². The molecule has 2 rings (SSSR count). The van der Waals surface area contributed by atoms with Crippen molar-refractivity contribution in [3.05, 3.63) is 11.9 Å². The van der Waals surface area contributed by atoms with Crippen LogP contribution in [0.2, 0.25) is 0 Å². The summed E-state index contributed by atoms with van der Waals surface area (Å²) in [5, 5.41) is 0. The van der Waals surface area contributed by atoms with Crippen LogP contribution >= 0.6 is 0 Å². The van der Waals surface area contributed by atoms with Crippen molar-refractivity contribution in [1.29, 1.82) is 0 Å². The van der Waals surface area contributed by atoms with Crippen LogP contribution in [0.5, 0.6) is 5.88 Å². The largest absolute Gasteiger partial charge is 0.474 e. The smallest absolute Gasteiger partial charge is 0.451 e. The Bertz CT molecular complexity index is 495. The molecule has 0 saturated heterocycles. The second kappa shape index (κ2) is 6.05. The first-order valence-electron chi connectivity index (χ1n) is 6.89. The predicted octanol–water partition coefficient (Wildman–Crippen LogP) is 2.98. The Morgan fingerprint density at radius 3 is 2.52 bits per heavy atom. The van der Waals surface area contributed by atoms with Gasteiger partial charge in [-0.05, 0) is 31.1 Å². The fourth-order valence-electron chi connectivity index (χ4n) is 2.46. The van der Waals surface area contributed by atoms with Crippen LogP contribution in [0.15, 0.2) is 6.07 Å². The number of rotatable bonds is 3. The number of ether oxygens (including phenoxy) is 1. The number of alkyl halides is 3. The van der Waals surface area contributed by atoms with Gasteiger partial charge in [-0.15, -0.1) is 0 Å². The highest BCUT2D eigenvalue weighted by atomic mass is 19.4. The van der Waals surface area contributed by atoms with Gasteiger partial charge in [0.05, 0.1) is 0 Å². The van der Waals surface area contributed by atoms with Gasteiger partial charge in [-0.25, -0.2) is 10.8 Å². The lowest BCUT2D eigenvalue weighted by Gasteiger charge is -2.32. The van der Waals surface area contributed by atoms with Crippen LogP contribution in [0, 0.1) is 11.8 Å². The summed E-state index contributed by atoms with van der Waals surface area (Å²) >= 11 is 0. The third kappa shape index (κ3) is 3.96. The number of aromatic nitrogens is 2. The maximum atomic E-state index is 12.7. The summed E-state index contributed by atoms with van der Waals surface area (Å²) in [7, 11) is 0. The molecule has 1 aromatic heterocycles. The van der Waals surface area contributed by atoms with E-state index in [4.69, 9.17) is 10.6 Å². The monoisotopic (exact) mass is 304 g/mol. The highest BCUT2D eigenvalue weighted by molar-refractivity contribution is 5.37. The summed E-state index contributed by atoms with van der Waals surface area (Å²) in [4.78, 5) is 6.73. The maximum Gasteiger partial charge on any atom is 0.451 e. The number of hydrogen-bond acceptors (Lipinski definition) is 5. The number of halogens is 3. The van der Waals surface area contributed by atoms with E-state index in [2.05, 4.69) is 29.2 Å². The number of nitrogens with one attached hydrogen (secondary N) is 1. The molecule has 0 aromatic carbocycles. The van der Waals surface area contributed by atoms with Gasteiger partial charge in [0.1, 0.15) is 11.9 Å². The second-order valence-corrected chi connectivity index (χ2v) is 5.56. The van der Waals surface area contributed by atoms with Crippen LogP contribution in [-0.4, -0.2) is 16.1 Å². The van der Waals surface area contributed by atoms with Gasteiger partial charge >= 0.3 is 6.18 Å². The van der Waals surface area contributed by atoms with Crippen molar-refractivity contribution in [3.8, 4) is 5.88 Å². The Kier molecular flexibility index (Phi) is 4.55. The van der Waals surface area contributed by atoms with Gasteiger partial charge in [-0.2, -0.15) is 18.2 Å².